The highest BCUT2D eigenvalue weighted by atomic mass is 16.5. The fourth-order valence-corrected chi connectivity index (χ4v) is 3.52. The normalized spacial score (nSPS) is 12.5. The second-order valence-electron chi connectivity index (χ2n) is 7.74. The number of guanidine groups is 1. The molecule has 1 unspecified atom stereocenters. The van der Waals surface area contributed by atoms with E-state index in [-0.39, 0.29) is 0 Å². The lowest BCUT2D eigenvalue weighted by Gasteiger charge is -2.16. The monoisotopic (exact) mass is 419 g/mol. The highest BCUT2D eigenvalue weighted by molar-refractivity contribution is 5.79. The van der Waals surface area contributed by atoms with E-state index in [1.54, 1.807) is 14.2 Å². The Kier molecular flexibility index (Phi) is 8.10. The molecule has 3 aromatic rings. The molecule has 0 amide bonds. The molecule has 164 valence electrons. The van der Waals surface area contributed by atoms with E-state index in [9.17, 15) is 0 Å². The second kappa shape index (κ2) is 11.2. The summed E-state index contributed by atoms with van der Waals surface area (Å²) in [5.41, 5.74) is 3.80. The summed E-state index contributed by atoms with van der Waals surface area (Å²) in [7, 11) is 3.50. The van der Waals surface area contributed by atoms with E-state index >= 15 is 0 Å². The van der Waals surface area contributed by atoms with Gasteiger partial charge in [-0.15, -0.1) is 0 Å². The van der Waals surface area contributed by atoms with Crippen LogP contribution < -0.4 is 15.4 Å². The predicted octanol–water partition coefficient (Wildman–Crippen LogP) is 4.11. The quantitative estimate of drug-likeness (QED) is 0.405. The van der Waals surface area contributed by atoms with Crippen molar-refractivity contribution in [2.75, 3.05) is 20.7 Å². The van der Waals surface area contributed by atoms with Crippen molar-refractivity contribution in [1.29, 1.82) is 0 Å². The highest BCUT2D eigenvalue weighted by Crippen LogP contribution is 2.21. The molecule has 0 radical (unpaired) electrons. The molecule has 0 spiro atoms. The van der Waals surface area contributed by atoms with E-state index in [0.717, 1.165) is 43.6 Å². The molecule has 2 N–H and O–H groups in total. The molecule has 3 rings (SSSR count). The summed E-state index contributed by atoms with van der Waals surface area (Å²) < 4.78 is 7.39. The third kappa shape index (κ3) is 6.60. The van der Waals surface area contributed by atoms with Gasteiger partial charge in [0.05, 0.1) is 7.11 Å². The summed E-state index contributed by atoms with van der Waals surface area (Å²) in [4.78, 5) is 8.65. The molecule has 0 fully saturated rings. The van der Waals surface area contributed by atoms with Crippen LogP contribution in [0.5, 0.6) is 5.75 Å². The Morgan fingerprint density at radius 1 is 1.13 bits per heavy atom. The zero-order valence-electron chi connectivity index (χ0n) is 18.9. The molecule has 31 heavy (non-hydrogen) atoms. The van der Waals surface area contributed by atoms with Gasteiger partial charge in [0.15, 0.2) is 5.96 Å². The average molecular weight is 420 g/mol. The maximum atomic E-state index is 5.24. The van der Waals surface area contributed by atoms with Crippen molar-refractivity contribution in [2.45, 2.75) is 39.3 Å². The van der Waals surface area contributed by atoms with Crippen molar-refractivity contribution in [3.05, 3.63) is 83.4 Å². The van der Waals surface area contributed by atoms with Gasteiger partial charge in [-0.2, -0.15) is 0 Å². The molecule has 1 heterocycles. The van der Waals surface area contributed by atoms with E-state index in [1.807, 2.05) is 31.5 Å². The lowest BCUT2D eigenvalue weighted by Crippen LogP contribution is -2.37. The zero-order chi connectivity index (χ0) is 22.1. The fourth-order valence-electron chi connectivity index (χ4n) is 3.52. The van der Waals surface area contributed by atoms with Crippen LogP contribution in [0, 0.1) is 6.92 Å². The summed E-state index contributed by atoms with van der Waals surface area (Å²) in [6.07, 6.45) is 4.87. The van der Waals surface area contributed by atoms with Gasteiger partial charge < -0.3 is 19.9 Å². The minimum Gasteiger partial charge on any atom is -0.497 e. The molecule has 6 heteroatoms. The van der Waals surface area contributed by atoms with Crippen molar-refractivity contribution >= 4 is 5.96 Å². The van der Waals surface area contributed by atoms with Gasteiger partial charge in [0.2, 0.25) is 0 Å². The van der Waals surface area contributed by atoms with Crippen LogP contribution in [0.4, 0.5) is 0 Å². The highest BCUT2D eigenvalue weighted by Gasteiger charge is 2.07. The number of benzene rings is 2. The Labute approximate surface area is 185 Å². The molecule has 0 saturated heterocycles. The SMILES string of the molecule is CN=C(NCCC(C)c1ccc(OC)cc1)NCc1cccc(Cn2ccnc2C)c1. The van der Waals surface area contributed by atoms with Crippen LogP contribution >= 0.6 is 0 Å². The second-order valence-corrected chi connectivity index (χ2v) is 7.74. The molecule has 0 aliphatic heterocycles. The summed E-state index contributed by atoms with van der Waals surface area (Å²) >= 11 is 0. The van der Waals surface area contributed by atoms with Crippen molar-refractivity contribution in [2.24, 2.45) is 4.99 Å². The Balaban J connectivity index is 1.46. The number of aliphatic imine (C=N–C) groups is 1. The molecule has 0 bridgehead atoms. The summed E-state index contributed by atoms with van der Waals surface area (Å²) in [6.45, 7) is 6.68. The van der Waals surface area contributed by atoms with Gasteiger partial charge in [-0.3, -0.25) is 4.99 Å². The van der Waals surface area contributed by atoms with Gasteiger partial charge in [-0.25, -0.2) is 4.98 Å². The topological polar surface area (TPSA) is 63.5 Å². The number of ether oxygens (including phenoxy) is 1. The number of nitrogens with one attached hydrogen (secondary N) is 2. The van der Waals surface area contributed by atoms with Crippen LogP contribution in [-0.2, 0) is 13.1 Å². The zero-order valence-corrected chi connectivity index (χ0v) is 18.9. The number of methoxy groups -OCH3 is 1. The number of nitrogens with zero attached hydrogens (tertiary/aromatic N) is 3. The molecular formula is C25H33N5O. The van der Waals surface area contributed by atoms with Gasteiger partial charge in [0, 0.05) is 39.1 Å². The van der Waals surface area contributed by atoms with Crippen molar-refractivity contribution in [3.63, 3.8) is 0 Å². The first kappa shape index (κ1) is 22.4. The Morgan fingerprint density at radius 2 is 1.90 bits per heavy atom. The first-order chi connectivity index (χ1) is 15.1. The molecule has 1 atom stereocenters. The minimum absolute atomic E-state index is 0.458. The third-order valence-corrected chi connectivity index (χ3v) is 5.51. The van der Waals surface area contributed by atoms with Crippen LogP contribution in [0.3, 0.4) is 0 Å². The van der Waals surface area contributed by atoms with E-state index in [0.29, 0.717) is 5.92 Å². The van der Waals surface area contributed by atoms with Crippen LogP contribution in [-0.4, -0.2) is 36.2 Å². The van der Waals surface area contributed by atoms with E-state index < -0.39 is 0 Å². The van der Waals surface area contributed by atoms with E-state index in [1.165, 1.54) is 16.7 Å². The standard InChI is InChI=1S/C25H33N5O/c1-19(23-8-10-24(31-4)11-9-23)12-13-28-25(26-3)29-17-21-6-5-7-22(16-21)18-30-15-14-27-20(30)2/h5-11,14-16,19H,12-13,17-18H2,1-4H3,(H2,26,28,29). The lowest BCUT2D eigenvalue weighted by molar-refractivity contribution is 0.414. The van der Waals surface area contributed by atoms with Gasteiger partial charge in [0.1, 0.15) is 11.6 Å². The van der Waals surface area contributed by atoms with E-state index in [4.69, 9.17) is 4.74 Å². The smallest absolute Gasteiger partial charge is 0.191 e. The Bertz CT molecular complexity index is 978. The number of aromatic nitrogens is 2. The number of hydrogen-bond donors (Lipinski definition) is 2. The summed E-state index contributed by atoms with van der Waals surface area (Å²) in [5.74, 6) is 3.19. The van der Waals surface area contributed by atoms with Crippen molar-refractivity contribution in [1.82, 2.24) is 20.2 Å². The Morgan fingerprint density at radius 3 is 2.58 bits per heavy atom. The molecule has 0 saturated carbocycles. The first-order valence-electron chi connectivity index (χ1n) is 10.7. The van der Waals surface area contributed by atoms with Crippen LogP contribution in [0.1, 0.15) is 41.8 Å². The molecule has 0 aliphatic carbocycles. The number of imidazole rings is 1. The lowest BCUT2D eigenvalue weighted by atomic mass is 9.98. The summed E-state index contributed by atoms with van der Waals surface area (Å²) in [5, 5.41) is 6.84. The molecule has 1 aromatic heterocycles. The van der Waals surface area contributed by atoms with Crippen LogP contribution in [0.15, 0.2) is 65.9 Å². The molecule has 2 aromatic carbocycles. The fraction of sp³-hybridized carbons (Fsp3) is 0.360. The number of hydrogen-bond acceptors (Lipinski definition) is 3. The third-order valence-electron chi connectivity index (χ3n) is 5.51. The minimum atomic E-state index is 0.458. The first-order valence-corrected chi connectivity index (χ1v) is 10.7. The van der Waals surface area contributed by atoms with Gasteiger partial charge in [0.25, 0.3) is 0 Å². The van der Waals surface area contributed by atoms with E-state index in [2.05, 4.69) is 68.5 Å². The Hall–Kier alpha value is -3.28. The number of aryl methyl sites for hydroxylation is 1. The predicted molar refractivity (Wildman–Crippen MR) is 127 cm³/mol. The molecule has 6 nitrogen and oxygen atoms in total. The number of rotatable bonds is 9. The van der Waals surface area contributed by atoms with Gasteiger partial charge >= 0.3 is 0 Å². The maximum absolute atomic E-state index is 5.24. The van der Waals surface area contributed by atoms with Crippen LogP contribution in [0.25, 0.3) is 0 Å². The van der Waals surface area contributed by atoms with Gasteiger partial charge in [-0.1, -0.05) is 43.3 Å². The van der Waals surface area contributed by atoms with Gasteiger partial charge in [-0.05, 0) is 48.1 Å². The van der Waals surface area contributed by atoms with Crippen molar-refractivity contribution < 1.29 is 4.74 Å². The maximum Gasteiger partial charge on any atom is 0.191 e. The molecule has 0 aliphatic rings. The summed E-state index contributed by atoms with van der Waals surface area (Å²) in [6, 6.07) is 16.9. The van der Waals surface area contributed by atoms with Crippen molar-refractivity contribution in [3.8, 4) is 5.75 Å². The largest absolute Gasteiger partial charge is 0.497 e. The molecular weight excluding hydrogens is 386 g/mol. The van der Waals surface area contributed by atoms with Crippen LogP contribution in [0.2, 0.25) is 0 Å². The average Bonchev–Trinajstić information content (AvgIpc) is 3.20.